The summed E-state index contributed by atoms with van der Waals surface area (Å²) in [4.78, 5) is 13.9. The number of aryl methyl sites for hydroxylation is 2. The van der Waals surface area contributed by atoms with E-state index in [-0.39, 0.29) is 5.91 Å². The van der Waals surface area contributed by atoms with E-state index in [2.05, 4.69) is 47.6 Å². The van der Waals surface area contributed by atoms with Crippen LogP contribution in [0, 0.1) is 6.92 Å². The summed E-state index contributed by atoms with van der Waals surface area (Å²) in [5, 5.41) is 12.5. The molecule has 1 N–H and O–H groups in total. The number of benzene rings is 1. The van der Waals surface area contributed by atoms with Crippen molar-refractivity contribution in [1.82, 2.24) is 15.1 Å². The van der Waals surface area contributed by atoms with E-state index in [1.54, 1.807) is 18.2 Å². The van der Waals surface area contributed by atoms with E-state index in [9.17, 15) is 4.79 Å². The molecule has 0 aliphatic heterocycles. The zero-order valence-electron chi connectivity index (χ0n) is 15.6. The molecule has 2 heterocycles. The molecular formula is C19H22N4O2S2. The van der Waals surface area contributed by atoms with Crippen LogP contribution in [-0.2, 0) is 17.8 Å². The Morgan fingerprint density at radius 3 is 2.89 bits per heavy atom. The zero-order valence-corrected chi connectivity index (χ0v) is 17.2. The maximum atomic E-state index is 12.3. The molecule has 0 aliphatic rings. The molecule has 27 heavy (non-hydrogen) atoms. The van der Waals surface area contributed by atoms with E-state index in [0.29, 0.717) is 12.3 Å². The van der Waals surface area contributed by atoms with Crippen molar-refractivity contribution in [3.05, 3.63) is 53.5 Å². The molecule has 1 amide bonds. The maximum absolute atomic E-state index is 12.3. The molecule has 8 heteroatoms. The molecular weight excluding hydrogens is 380 g/mol. The predicted octanol–water partition coefficient (Wildman–Crippen LogP) is 4.50. The lowest BCUT2D eigenvalue weighted by molar-refractivity contribution is -0.127. The van der Waals surface area contributed by atoms with Crippen molar-refractivity contribution in [1.29, 1.82) is 0 Å². The zero-order chi connectivity index (χ0) is 19.2. The van der Waals surface area contributed by atoms with Crippen LogP contribution in [0.5, 0.6) is 0 Å². The monoisotopic (exact) mass is 402 g/mol. The normalized spacial score (nSPS) is 10.8. The van der Waals surface area contributed by atoms with Gasteiger partial charge in [-0.3, -0.25) is 4.79 Å². The number of thioether (sulfide) groups is 1. The molecule has 3 aromatic rings. The Morgan fingerprint density at radius 1 is 1.30 bits per heavy atom. The van der Waals surface area contributed by atoms with Gasteiger partial charge in [0, 0.05) is 12.7 Å². The van der Waals surface area contributed by atoms with Crippen molar-refractivity contribution in [2.45, 2.75) is 31.2 Å². The third-order valence-electron chi connectivity index (χ3n) is 4.10. The van der Waals surface area contributed by atoms with E-state index in [1.807, 2.05) is 12.1 Å². The van der Waals surface area contributed by atoms with Crippen LogP contribution in [-0.4, -0.2) is 33.8 Å². The summed E-state index contributed by atoms with van der Waals surface area (Å²) >= 11 is 2.85. The Bertz CT molecular complexity index is 893. The number of hydrogen-bond acceptors (Lipinski definition) is 7. The number of para-hydroxylation sites is 1. The van der Waals surface area contributed by atoms with Crippen LogP contribution in [0.15, 0.2) is 45.4 Å². The van der Waals surface area contributed by atoms with Gasteiger partial charge in [0.05, 0.1) is 18.6 Å². The summed E-state index contributed by atoms with van der Waals surface area (Å²) in [7, 11) is 1.77. The lowest BCUT2D eigenvalue weighted by atomic mass is 10.1. The molecule has 0 spiro atoms. The number of aromatic nitrogens is 2. The third kappa shape index (κ3) is 5.11. The van der Waals surface area contributed by atoms with Crippen molar-refractivity contribution >= 4 is 39.8 Å². The van der Waals surface area contributed by atoms with Crippen molar-refractivity contribution < 1.29 is 9.21 Å². The number of furan rings is 1. The van der Waals surface area contributed by atoms with Crippen molar-refractivity contribution in [2.75, 3.05) is 18.1 Å². The molecule has 0 radical (unpaired) electrons. The maximum Gasteiger partial charge on any atom is 0.233 e. The van der Waals surface area contributed by atoms with Crippen LogP contribution in [0.3, 0.4) is 0 Å². The smallest absolute Gasteiger partial charge is 0.233 e. The first-order valence-corrected chi connectivity index (χ1v) is 10.4. The van der Waals surface area contributed by atoms with Crippen LogP contribution in [0.1, 0.15) is 23.8 Å². The van der Waals surface area contributed by atoms with Gasteiger partial charge in [0.15, 0.2) is 4.34 Å². The third-order valence-corrected chi connectivity index (χ3v) is 6.05. The van der Waals surface area contributed by atoms with Gasteiger partial charge >= 0.3 is 0 Å². The highest BCUT2D eigenvalue weighted by atomic mass is 32.2. The molecule has 1 aromatic carbocycles. The number of nitrogens with one attached hydrogen (secondary N) is 1. The molecule has 142 valence electrons. The van der Waals surface area contributed by atoms with Gasteiger partial charge in [0.1, 0.15) is 5.76 Å². The quantitative estimate of drug-likeness (QED) is 0.560. The van der Waals surface area contributed by atoms with Gasteiger partial charge < -0.3 is 14.6 Å². The van der Waals surface area contributed by atoms with Gasteiger partial charge in [-0.05, 0) is 36.6 Å². The van der Waals surface area contributed by atoms with Gasteiger partial charge in [0.25, 0.3) is 0 Å². The van der Waals surface area contributed by atoms with Crippen LogP contribution in [0.25, 0.3) is 0 Å². The molecule has 0 atom stereocenters. The molecule has 6 nitrogen and oxygen atoms in total. The van der Waals surface area contributed by atoms with Crippen LogP contribution >= 0.6 is 23.1 Å². The highest BCUT2D eigenvalue weighted by Crippen LogP contribution is 2.30. The molecule has 0 fully saturated rings. The van der Waals surface area contributed by atoms with Crippen molar-refractivity contribution in [2.24, 2.45) is 0 Å². The number of amides is 1. The second-order valence-electron chi connectivity index (χ2n) is 6.08. The first kappa shape index (κ1) is 19.4. The summed E-state index contributed by atoms with van der Waals surface area (Å²) in [6.07, 6.45) is 2.55. The second-order valence-corrected chi connectivity index (χ2v) is 8.28. The molecule has 0 saturated carbocycles. The Morgan fingerprint density at radius 2 is 2.15 bits per heavy atom. The van der Waals surface area contributed by atoms with E-state index in [0.717, 1.165) is 27.3 Å². The first-order chi connectivity index (χ1) is 13.1. The van der Waals surface area contributed by atoms with E-state index in [4.69, 9.17) is 4.42 Å². The van der Waals surface area contributed by atoms with Gasteiger partial charge in [0.2, 0.25) is 11.0 Å². The van der Waals surface area contributed by atoms with E-state index in [1.165, 1.54) is 34.2 Å². The average Bonchev–Trinajstić information content (AvgIpc) is 3.33. The second kappa shape index (κ2) is 9.05. The number of carbonyl (C=O) groups is 1. The highest BCUT2D eigenvalue weighted by Gasteiger charge is 2.14. The Labute approximate surface area is 167 Å². The Balaban J connectivity index is 1.56. The minimum Gasteiger partial charge on any atom is -0.467 e. The number of nitrogens with zero attached hydrogens (tertiary/aromatic N) is 3. The topological polar surface area (TPSA) is 71.3 Å². The Hall–Kier alpha value is -2.32. The number of carbonyl (C=O) groups excluding carboxylic acids is 1. The fourth-order valence-electron chi connectivity index (χ4n) is 2.59. The minimum absolute atomic E-state index is 0.0216. The fourth-order valence-corrected chi connectivity index (χ4v) is 4.28. The number of hydrogen-bond donors (Lipinski definition) is 1. The molecule has 0 unspecified atom stereocenters. The van der Waals surface area contributed by atoms with Gasteiger partial charge in [-0.2, -0.15) is 0 Å². The highest BCUT2D eigenvalue weighted by molar-refractivity contribution is 8.01. The minimum atomic E-state index is 0.0216. The van der Waals surface area contributed by atoms with E-state index < -0.39 is 0 Å². The number of rotatable bonds is 8. The standard InChI is InChI=1S/C19H22N4O2S2/c1-4-14-8-5-7-13(2)17(14)20-18-21-22-19(27-18)26-12-16(24)23(3)11-15-9-6-10-25-15/h5-10H,4,11-12H2,1-3H3,(H,20,21). The fraction of sp³-hybridized carbons (Fsp3) is 0.316. The van der Waals surface area contributed by atoms with E-state index >= 15 is 0 Å². The largest absolute Gasteiger partial charge is 0.467 e. The van der Waals surface area contributed by atoms with Crippen LogP contribution < -0.4 is 5.32 Å². The van der Waals surface area contributed by atoms with Gasteiger partial charge in [-0.15, -0.1) is 10.2 Å². The summed E-state index contributed by atoms with van der Waals surface area (Å²) in [5.41, 5.74) is 3.50. The lowest BCUT2D eigenvalue weighted by Crippen LogP contribution is -2.27. The Kier molecular flexibility index (Phi) is 6.52. The predicted molar refractivity (Wildman–Crippen MR) is 110 cm³/mol. The van der Waals surface area contributed by atoms with Crippen LogP contribution in [0.4, 0.5) is 10.8 Å². The van der Waals surface area contributed by atoms with Gasteiger partial charge in [-0.25, -0.2) is 0 Å². The summed E-state index contributed by atoms with van der Waals surface area (Å²) in [6, 6.07) is 9.92. The van der Waals surface area contributed by atoms with Gasteiger partial charge in [-0.1, -0.05) is 48.2 Å². The number of anilines is 2. The van der Waals surface area contributed by atoms with Crippen LogP contribution in [0.2, 0.25) is 0 Å². The molecule has 0 aliphatic carbocycles. The first-order valence-electron chi connectivity index (χ1n) is 8.65. The molecule has 3 rings (SSSR count). The molecule has 0 saturated heterocycles. The SMILES string of the molecule is CCc1cccc(C)c1Nc1nnc(SCC(=O)N(C)Cc2ccco2)s1. The van der Waals surface area contributed by atoms with Crippen molar-refractivity contribution in [3.8, 4) is 0 Å². The summed E-state index contributed by atoms with van der Waals surface area (Å²) in [6.45, 7) is 4.67. The summed E-state index contributed by atoms with van der Waals surface area (Å²) < 4.78 is 6.04. The lowest BCUT2D eigenvalue weighted by Gasteiger charge is -2.14. The average molecular weight is 403 g/mol. The molecule has 0 bridgehead atoms. The summed E-state index contributed by atoms with van der Waals surface area (Å²) in [5.74, 6) is 1.10. The van der Waals surface area contributed by atoms with Crippen molar-refractivity contribution in [3.63, 3.8) is 0 Å². The molecule has 2 aromatic heterocycles.